The largest absolute Gasteiger partial charge is 0.368 e. The maximum atomic E-state index is 11.0. The molecule has 1 atom stereocenters. The molecule has 0 radical (unpaired) electrons. The fraction of sp³-hybridized carbons (Fsp3) is 0.417. The monoisotopic (exact) mass is 238 g/mol. The van der Waals surface area contributed by atoms with Crippen molar-refractivity contribution in [3.63, 3.8) is 0 Å². The van der Waals surface area contributed by atoms with Crippen LogP contribution in [0, 0.1) is 0 Å². The molecule has 0 heterocycles. The van der Waals surface area contributed by atoms with Gasteiger partial charge < -0.3 is 11.5 Å². The highest BCUT2D eigenvalue weighted by Gasteiger charge is 2.30. The summed E-state index contributed by atoms with van der Waals surface area (Å²) in [7, 11) is 0. The van der Waals surface area contributed by atoms with Crippen LogP contribution in [0.3, 0.4) is 0 Å². The van der Waals surface area contributed by atoms with Crippen LogP contribution in [0.4, 0.5) is 0 Å². The molecule has 0 fully saturated rings. The van der Waals surface area contributed by atoms with Gasteiger partial charge in [0.15, 0.2) is 0 Å². The zero-order chi connectivity index (χ0) is 12.2. The molecule has 0 aromatic heterocycles. The molecule has 1 amide bonds. The lowest BCUT2D eigenvalue weighted by molar-refractivity contribution is -0.119. The van der Waals surface area contributed by atoms with E-state index in [1.807, 2.05) is 32.0 Å². The summed E-state index contributed by atoms with van der Waals surface area (Å²) >= 11 is 1.64. The first kappa shape index (κ1) is 13.1. The highest BCUT2D eigenvalue weighted by Crippen LogP contribution is 2.30. The van der Waals surface area contributed by atoms with Crippen LogP contribution in [-0.2, 0) is 10.5 Å². The van der Waals surface area contributed by atoms with Crippen LogP contribution in [-0.4, -0.2) is 16.7 Å². The van der Waals surface area contributed by atoms with Gasteiger partial charge in [0, 0.05) is 10.5 Å². The number of primary amides is 1. The van der Waals surface area contributed by atoms with E-state index < -0.39 is 11.9 Å². The zero-order valence-electron chi connectivity index (χ0n) is 9.64. The summed E-state index contributed by atoms with van der Waals surface area (Å²) in [5.74, 6) is 0.375. The second-order valence-electron chi connectivity index (χ2n) is 4.26. The molecule has 0 saturated carbocycles. The standard InChI is InChI=1S/C12H18N2OS/c1-12(2,10(13)11(14)15)16-8-9-6-4-3-5-7-9/h3-7,10H,8,13H2,1-2H3,(H2,14,15). The molecule has 16 heavy (non-hydrogen) atoms. The summed E-state index contributed by atoms with van der Waals surface area (Å²) < 4.78 is -0.346. The molecule has 0 saturated heterocycles. The van der Waals surface area contributed by atoms with Crippen molar-refractivity contribution >= 4 is 17.7 Å². The van der Waals surface area contributed by atoms with E-state index in [4.69, 9.17) is 11.5 Å². The maximum Gasteiger partial charge on any atom is 0.235 e. The van der Waals surface area contributed by atoms with Crippen molar-refractivity contribution in [2.45, 2.75) is 30.4 Å². The number of thioether (sulfide) groups is 1. The molecule has 1 aromatic rings. The molecule has 3 nitrogen and oxygen atoms in total. The van der Waals surface area contributed by atoms with E-state index in [0.29, 0.717) is 0 Å². The Morgan fingerprint density at radius 3 is 2.44 bits per heavy atom. The lowest BCUT2D eigenvalue weighted by Crippen LogP contribution is -2.50. The Kier molecular flexibility index (Phi) is 4.38. The summed E-state index contributed by atoms with van der Waals surface area (Å²) in [5.41, 5.74) is 12.2. The number of nitrogens with two attached hydrogens (primary N) is 2. The topological polar surface area (TPSA) is 69.1 Å². The van der Waals surface area contributed by atoms with Crippen molar-refractivity contribution in [3.8, 4) is 0 Å². The molecule has 0 bridgehead atoms. The molecule has 0 aliphatic rings. The van der Waals surface area contributed by atoms with Gasteiger partial charge in [0.1, 0.15) is 0 Å². The van der Waals surface area contributed by atoms with Crippen LogP contribution in [0.25, 0.3) is 0 Å². The van der Waals surface area contributed by atoms with Crippen molar-refractivity contribution in [2.24, 2.45) is 11.5 Å². The zero-order valence-corrected chi connectivity index (χ0v) is 10.5. The molecular weight excluding hydrogens is 220 g/mol. The Morgan fingerprint density at radius 1 is 1.38 bits per heavy atom. The van der Waals surface area contributed by atoms with Crippen LogP contribution in [0.1, 0.15) is 19.4 Å². The second-order valence-corrected chi connectivity index (χ2v) is 5.89. The average Bonchev–Trinajstić information content (AvgIpc) is 2.27. The first-order valence-electron chi connectivity index (χ1n) is 5.16. The molecule has 0 aliphatic carbocycles. The van der Waals surface area contributed by atoms with Crippen LogP contribution < -0.4 is 11.5 Å². The van der Waals surface area contributed by atoms with E-state index in [2.05, 4.69) is 12.1 Å². The van der Waals surface area contributed by atoms with Gasteiger partial charge in [-0.1, -0.05) is 30.3 Å². The molecular formula is C12H18N2OS. The quantitative estimate of drug-likeness (QED) is 0.817. The van der Waals surface area contributed by atoms with Crippen LogP contribution in [0.2, 0.25) is 0 Å². The maximum absolute atomic E-state index is 11.0. The SMILES string of the molecule is CC(C)(SCc1ccccc1)C(N)C(N)=O. The molecule has 0 spiro atoms. The second kappa shape index (κ2) is 5.37. The van der Waals surface area contributed by atoms with Crippen LogP contribution in [0.5, 0.6) is 0 Å². The van der Waals surface area contributed by atoms with Crippen LogP contribution >= 0.6 is 11.8 Å². The number of carbonyl (C=O) groups excluding carboxylic acids is 1. The van der Waals surface area contributed by atoms with E-state index in [-0.39, 0.29) is 4.75 Å². The van der Waals surface area contributed by atoms with Crippen molar-refractivity contribution in [1.29, 1.82) is 0 Å². The summed E-state index contributed by atoms with van der Waals surface area (Å²) in [6.07, 6.45) is 0. The van der Waals surface area contributed by atoms with E-state index in [1.54, 1.807) is 11.8 Å². The highest BCUT2D eigenvalue weighted by molar-refractivity contribution is 7.99. The Bertz CT molecular complexity index is 351. The highest BCUT2D eigenvalue weighted by atomic mass is 32.2. The van der Waals surface area contributed by atoms with Gasteiger partial charge in [-0.15, -0.1) is 11.8 Å². The minimum Gasteiger partial charge on any atom is -0.368 e. The van der Waals surface area contributed by atoms with Crippen LogP contribution in [0.15, 0.2) is 30.3 Å². The predicted molar refractivity (Wildman–Crippen MR) is 69.0 cm³/mol. The number of benzene rings is 1. The van der Waals surface area contributed by atoms with Gasteiger partial charge in [-0.05, 0) is 19.4 Å². The predicted octanol–water partition coefficient (Wildman–Crippen LogP) is 1.51. The van der Waals surface area contributed by atoms with Gasteiger partial charge in [0.25, 0.3) is 0 Å². The normalized spacial score (nSPS) is 13.4. The molecule has 1 aromatic carbocycles. The third-order valence-corrected chi connectivity index (χ3v) is 3.98. The van der Waals surface area contributed by atoms with Crippen molar-refractivity contribution in [1.82, 2.24) is 0 Å². The third kappa shape index (κ3) is 3.54. The smallest absolute Gasteiger partial charge is 0.235 e. The number of hydrogen-bond acceptors (Lipinski definition) is 3. The Labute approximate surface area is 101 Å². The fourth-order valence-electron chi connectivity index (χ4n) is 1.28. The Hall–Kier alpha value is -1.00. The van der Waals surface area contributed by atoms with Gasteiger partial charge in [-0.2, -0.15) is 0 Å². The van der Waals surface area contributed by atoms with E-state index in [0.717, 1.165) is 5.75 Å². The van der Waals surface area contributed by atoms with E-state index in [9.17, 15) is 4.79 Å². The van der Waals surface area contributed by atoms with Gasteiger partial charge >= 0.3 is 0 Å². The number of carbonyl (C=O) groups is 1. The average molecular weight is 238 g/mol. The Balaban J connectivity index is 2.57. The molecule has 0 aliphatic heterocycles. The fourth-order valence-corrected chi connectivity index (χ4v) is 2.30. The van der Waals surface area contributed by atoms with Crippen molar-refractivity contribution < 1.29 is 4.79 Å². The molecule has 1 unspecified atom stereocenters. The minimum atomic E-state index is -0.624. The van der Waals surface area contributed by atoms with Crippen molar-refractivity contribution in [2.75, 3.05) is 0 Å². The lowest BCUT2D eigenvalue weighted by Gasteiger charge is -2.28. The lowest BCUT2D eigenvalue weighted by atomic mass is 10.0. The van der Waals surface area contributed by atoms with Crippen molar-refractivity contribution in [3.05, 3.63) is 35.9 Å². The summed E-state index contributed by atoms with van der Waals surface area (Å²) in [6, 6.07) is 9.46. The number of rotatable bonds is 5. The summed E-state index contributed by atoms with van der Waals surface area (Å²) in [6.45, 7) is 3.88. The van der Waals surface area contributed by atoms with Gasteiger partial charge in [-0.25, -0.2) is 0 Å². The summed E-state index contributed by atoms with van der Waals surface area (Å²) in [4.78, 5) is 11.0. The number of hydrogen-bond donors (Lipinski definition) is 2. The molecule has 4 N–H and O–H groups in total. The number of amides is 1. The first-order chi connectivity index (χ1) is 7.43. The van der Waals surface area contributed by atoms with Gasteiger partial charge in [0.2, 0.25) is 5.91 Å². The van der Waals surface area contributed by atoms with E-state index >= 15 is 0 Å². The van der Waals surface area contributed by atoms with Gasteiger partial charge in [-0.3, -0.25) is 4.79 Å². The van der Waals surface area contributed by atoms with E-state index in [1.165, 1.54) is 5.56 Å². The first-order valence-corrected chi connectivity index (χ1v) is 6.15. The third-order valence-electron chi connectivity index (χ3n) is 2.51. The molecule has 4 heteroatoms. The minimum absolute atomic E-state index is 0.346. The van der Waals surface area contributed by atoms with Gasteiger partial charge in [0.05, 0.1) is 6.04 Å². The summed E-state index contributed by atoms with van der Waals surface area (Å²) in [5, 5.41) is 0. The molecule has 88 valence electrons. The Morgan fingerprint density at radius 2 is 1.94 bits per heavy atom. The molecule has 1 rings (SSSR count).